The molecule has 0 N–H and O–H groups in total. The molecular weight excluding hydrogens is 327 g/mol. The number of hydrogen-bond donors (Lipinski definition) is 0. The molecule has 0 amide bonds. The minimum Gasteiger partial charge on any atom is -0.370 e. The van der Waals surface area contributed by atoms with Gasteiger partial charge in [0.2, 0.25) is 0 Å². The second kappa shape index (κ2) is 4.88. The van der Waals surface area contributed by atoms with E-state index in [1.165, 1.54) is 48.5 Å². The van der Waals surface area contributed by atoms with Gasteiger partial charge in [0.1, 0.15) is 0 Å². The summed E-state index contributed by atoms with van der Waals surface area (Å²) in [5.74, 6) is 0. The van der Waals surface area contributed by atoms with Gasteiger partial charge in [0.25, 0.3) is 0 Å². The zero-order chi connectivity index (χ0) is 11.7. The van der Waals surface area contributed by atoms with Gasteiger partial charge in [-0.1, -0.05) is 19.3 Å². The lowest BCUT2D eigenvalue weighted by Crippen LogP contribution is -2.32. The predicted molar refractivity (Wildman–Crippen MR) is 74.9 cm³/mol. The second-order valence-corrected chi connectivity index (χ2v) is 6.65. The molecule has 1 unspecified atom stereocenters. The largest absolute Gasteiger partial charge is 0.370 e. The molecule has 1 aliphatic heterocycles. The summed E-state index contributed by atoms with van der Waals surface area (Å²) in [4.78, 5) is 0. The number of hydrogen-bond acceptors (Lipinski definition) is 2. The predicted octanol–water partition coefficient (Wildman–Crippen LogP) is 3.37. The van der Waals surface area contributed by atoms with Gasteiger partial charge in [-0.2, -0.15) is 5.10 Å². The van der Waals surface area contributed by atoms with Crippen LogP contribution in [0.5, 0.6) is 0 Å². The van der Waals surface area contributed by atoms with Crippen LogP contribution in [0.4, 0.5) is 0 Å². The molecule has 1 aliphatic carbocycles. The fraction of sp³-hybridized carbons (Fsp3) is 0.769. The lowest BCUT2D eigenvalue weighted by molar-refractivity contribution is -0.0688. The van der Waals surface area contributed by atoms with Crippen molar-refractivity contribution in [3.8, 4) is 0 Å². The third-order valence-electron chi connectivity index (χ3n) is 4.10. The van der Waals surface area contributed by atoms with Crippen LogP contribution in [0.15, 0.2) is 12.4 Å². The van der Waals surface area contributed by atoms with Gasteiger partial charge >= 0.3 is 0 Å². The Labute approximate surface area is 116 Å². The van der Waals surface area contributed by atoms with E-state index in [0.29, 0.717) is 6.10 Å². The summed E-state index contributed by atoms with van der Waals surface area (Å²) in [6.45, 7) is 0.921. The highest BCUT2D eigenvalue weighted by molar-refractivity contribution is 14.1. The number of halogens is 1. The zero-order valence-corrected chi connectivity index (χ0v) is 12.2. The summed E-state index contributed by atoms with van der Waals surface area (Å²) >= 11 is 2.30. The first-order valence-electron chi connectivity index (χ1n) is 6.62. The van der Waals surface area contributed by atoms with Crippen LogP contribution in [0.1, 0.15) is 44.9 Å². The van der Waals surface area contributed by atoms with Crippen molar-refractivity contribution in [2.45, 2.75) is 63.2 Å². The Hall–Kier alpha value is -0.100. The number of rotatable bonds is 2. The van der Waals surface area contributed by atoms with Gasteiger partial charge in [-0.25, -0.2) is 0 Å². The number of aromatic nitrogens is 2. The Morgan fingerprint density at radius 1 is 1.35 bits per heavy atom. The SMILES string of the molecule is Ic1cnn(CC2CCC3(CCCCC3)O2)c1. The Bertz CT molecular complexity index is 385. The van der Waals surface area contributed by atoms with Crippen molar-refractivity contribution >= 4 is 22.6 Å². The summed E-state index contributed by atoms with van der Waals surface area (Å²) in [6.07, 6.45) is 13.5. The molecule has 1 atom stereocenters. The van der Waals surface area contributed by atoms with Crippen LogP contribution in [0.2, 0.25) is 0 Å². The first-order chi connectivity index (χ1) is 8.26. The maximum absolute atomic E-state index is 6.34. The Morgan fingerprint density at radius 3 is 2.88 bits per heavy atom. The molecule has 2 aliphatic rings. The summed E-state index contributed by atoms with van der Waals surface area (Å²) < 4.78 is 9.56. The molecular formula is C13H19IN2O. The zero-order valence-electron chi connectivity index (χ0n) is 10.1. The van der Waals surface area contributed by atoms with Crippen LogP contribution in [0, 0.1) is 3.57 Å². The van der Waals surface area contributed by atoms with E-state index in [2.05, 4.69) is 33.9 Å². The van der Waals surface area contributed by atoms with Crippen LogP contribution < -0.4 is 0 Å². The highest BCUT2D eigenvalue weighted by Crippen LogP contribution is 2.42. The van der Waals surface area contributed by atoms with Crippen molar-refractivity contribution in [1.82, 2.24) is 9.78 Å². The van der Waals surface area contributed by atoms with Gasteiger partial charge in [0.05, 0.1) is 28.0 Å². The number of nitrogens with zero attached hydrogens (tertiary/aromatic N) is 2. The van der Waals surface area contributed by atoms with Crippen LogP contribution in [0.25, 0.3) is 0 Å². The van der Waals surface area contributed by atoms with E-state index in [0.717, 1.165) is 6.54 Å². The molecule has 3 rings (SSSR count). The molecule has 4 heteroatoms. The molecule has 3 nitrogen and oxygen atoms in total. The summed E-state index contributed by atoms with van der Waals surface area (Å²) in [6, 6.07) is 0. The lowest BCUT2D eigenvalue weighted by atomic mass is 9.83. The molecule has 1 aromatic rings. The van der Waals surface area contributed by atoms with Gasteiger partial charge < -0.3 is 4.74 Å². The second-order valence-electron chi connectivity index (χ2n) is 5.40. The van der Waals surface area contributed by atoms with Gasteiger partial charge in [0, 0.05) is 6.20 Å². The molecule has 94 valence electrons. The third kappa shape index (κ3) is 2.67. The standard InChI is InChI=1S/C13H19IN2O/c14-11-8-15-16(9-11)10-12-4-7-13(17-12)5-2-1-3-6-13/h8-9,12H,1-7,10H2. The van der Waals surface area contributed by atoms with Crippen LogP contribution in [0.3, 0.4) is 0 Å². The molecule has 1 saturated heterocycles. The van der Waals surface area contributed by atoms with E-state index in [9.17, 15) is 0 Å². The minimum atomic E-state index is 0.239. The normalized spacial score (nSPS) is 27.7. The molecule has 0 bridgehead atoms. The van der Waals surface area contributed by atoms with Crippen molar-refractivity contribution in [2.24, 2.45) is 0 Å². The van der Waals surface area contributed by atoms with E-state index in [-0.39, 0.29) is 5.60 Å². The van der Waals surface area contributed by atoms with E-state index >= 15 is 0 Å². The van der Waals surface area contributed by atoms with E-state index in [1.54, 1.807) is 0 Å². The molecule has 2 fully saturated rings. The summed E-state index contributed by atoms with van der Waals surface area (Å²) in [7, 11) is 0. The van der Waals surface area contributed by atoms with Crippen molar-refractivity contribution < 1.29 is 4.74 Å². The first-order valence-corrected chi connectivity index (χ1v) is 7.69. The Balaban J connectivity index is 1.60. The molecule has 2 heterocycles. The quantitative estimate of drug-likeness (QED) is 0.768. The first kappa shape index (κ1) is 12.0. The number of ether oxygens (including phenoxy) is 1. The van der Waals surface area contributed by atoms with Crippen LogP contribution in [-0.2, 0) is 11.3 Å². The van der Waals surface area contributed by atoms with Gasteiger partial charge in [-0.05, 0) is 48.3 Å². The highest BCUT2D eigenvalue weighted by atomic mass is 127. The van der Waals surface area contributed by atoms with Gasteiger partial charge in [-0.15, -0.1) is 0 Å². The van der Waals surface area contributed by atoms with Gasteiger partial charge in [0.15, 0.2) is 0 Å². The topological polar surface area (TPSA) is 27.1 Å². The summed E-state index contributed by atoms with van der Waals surface area (Å²) in [5, 5.41) is 4.34. The van der Waals surface area contributed by atoms with E-state index < -0.39 is 0 Å². The smallest absolute Gasteiger partial charge is 0.0779 e. The van der Waals surface area contributed by atoms with Crippen LogP contribution in [-0.4, -0.2) is 21.5 Å². The molecule has 0 aromatic carbocycles. The molecule has 1 aromatic heterocycles. The fourth-order valence-electron chi connectivity index (χ4n) is 3.23. The average Bonchev–Trinajstić information content (AvgIpc) is 2.89. The molecule has 1 spiro atoms. The highest BCUT2D eigenvalue weighted by Gasteiger charge is 2.40. The molecule has 17 heavy (non-hydrogen) atoms. The van der Waals surface area contributed by atoms with Crippen molar-refractivity contribution in [3.05, 3.63) is 16.0 Å². The lowest BCUT2D eigenvalue weighted by Gasteiger charge is -2.33. The molecule has 1 saturated carbocycles. The summed E-state index contributed by atoms with van der Waals surface area (Å²) in [5.41, 5.74) is 0.239. The van der Waals surface area contributed by atoms with Gasteiger partial charge in [-0.3, -0.25) is 4.68 Å². The maximum atomic E-state index is 6.34. The fourth-order valence-corrected chi connectivity index (χ4v) is 3.68. The average molecular weight is 346 g/mol. The third-order valence-corrected chi connectivity index (χ3v) is 4.65. The van der Waals surface area contributed by atoms with Crippen molar-refractivity contribution in [2.75, 3.05) is 0 Å². The maximum Gasteiger partial charge on any atom is 0.0779 e. The minimum absolute atomic E-state index is 0.239. The van der Waals surface area contributed by atoms with Crippen LogP contribution >= 0.6 is 22.6 Å². The molecule has 0 radical (unpaired) electrons. The van der Waals surface area contributed by atoms with Crippen molar-refractivity contribution in [3.63, 3.8) is 0 Å². The monoisotopic (exact) mass is 346 g/mol. The Morgan fingerprint density at radius 2 is 2.18 bits per heavy atom. The van der Waals surface area contributed by atoms with E-state index in [1.807, 2.05) is 10.9 Å². The van der Waals surface area contributed by atoms with Crippen molar-refractivity contribution in [1.29, 1.82) is 0 Å². The Kier molecular flexibility index (Phi) is 3.43. The van der Waals surface area contributed by atoms with E-state index in [4.69, 9.17) is 4.74 Å².